The lowest BCUT2D eigenvalue weighted by atomic mass is 10.1. The molecule has 0 saturated heterocycles. The topological polar surface area (TPSA) is 55.1 Å². The summed E-state index contributed by atoms with van der Waals surface area (Å²) in [5.41, 5.74) is 2.56. The zero-order valence-corrected chi connectivity index (χ0v) is 12.3. The van der Waals surface area contributed by atoms with Crippen molar-refractivity contribution in [2.45, 2.75) is 45.1 Å². The van der Waals surface area contributed by atoms with Crippen molar-refractivity contribution in [2.24, 2.45) is 0 Å². The van der Waals surface area contributed by atoms with E-state index in [1.807, 2.05) is 37.3 Å². The van der Waals surface area contributed by atoms with Crippen molar-refractivity contribution in [3.05, 3.63) is 52.9 Å². The number of nitrogens with one attached hydrogen (secondary N) is 1. The molecular formula is C17H20N2O2. The van der Waals surface area contributed by atoms with Crippen LogP contribution in [0.4, 0.5) is 0 Å². The van der Waals surface area contributed by atoms with Gasteiger partial charge in [-0.1, -0.05) is 41.9 Å². The van der Waals surface area contributed by atoms with Crippen LogP contribution in [0.3, 0.4) is 0 Å². The molecule has 110 valence electrons. The van der Waals surface area contributed by atoms with Crippen molar-refractivity contribution < 1.29 is 9.32 Å². The van der Waals surface area contributed by atoms with Gasteiger partial charge in [-0.3, -0.25) is 4.79 Å². The van der Waals surface area contributed by atoms with Crippen LogP contribution in [0.15, 0.2) is 34.9 Å². The lowest BCUT2D eigenvalue weighted by Crippen LogP contribution is -2.27. The average molecular weight is 284 g/mol. The largest absolute Gasteiger partial charge is 0.360 e. The first-order valence-corrected chi connectivity index (χ1v) is 7.59. The molecule has 0 fully saturated rings. The van der Waals surface area contributed by atoms with Crippen molar-refractivity contribution in [1.82, 2.24) is 10.5 Å². The van der Waals surface area contributed by atoms with E-state index in [0.29, 0.717) is 5.69 Å². The molecule has 0 unspecified atom stereocenters. The minimum absolute atomic E-state index is 0.0446. The van der Waals surface area contributed by atoms with Crippen molar-refractivity contribution in [1.29, 1.82) is 0 Å². The molecule has 0 spiro atoms. The molecule has 4 heteroatoms. The highest BCUT2D eigenvalue weighted by atomic mass is 16.5. The molecule has 4 nitrogen and oxygen atoms in total. The number of fused-ring (bicyclic) bond motifs is 1. The van der Waals surface area contributed by atoms with E-state index in [1.165, 1.54) is 6.42 Å². The van der Waals surface area contributed by atoms with E-state index < -0.39 is 0 Å². The highest BCUT2D eigenvalue weighted by Crippen LogP contribution is 2.24. The molecule has 1 amide bonds. The molecule has 0 radical (unpaired) electrons. The molecule has 1 N–H and O–H groups in total. The second kappa shape index (κ2) is 6.12. The minimum atomic E-state index is -0.141. The van der Waals surface area contributed by atoms with Gasteiger partial charge in [-0.05, 0) is 31.7 Å². The number of nitrogens with zero attached hydrogens (tertiary/aromatic N) is 1. The highest BCUT2D eigenvalue weighted by Gasteiger charge is 2.24. The van der Waals surface area contributed by atoms with Gasteiger partial charge in [0.1, 0.15) is 5.76 Å². The molecule has 3 rings (SSSR count). The fraction of sp³-hybridized carbons (Fsp3) is 0.412. The Kier molecular flexibility index (Phi) is 4.04. The lowest BCUT2D eigenvalue weighted by molar-refractivity contribution is 0.0929. The fourth-order valence-corrected chi connectivity index (χ4v) is 2.83. The first-order valence-electron chi connectivity index (χ1n) is 7.59. The van der Waals surface area contributed by atoms with Gasteiger partial charge in [0.05, 0.1) is 6.04 Å². The van der Waals surface area contributed by atoms with Crippen LogP contribution < -0.4 is 5.32 Å². The van der Waals surface area contributed by atoms with Crippen LogP contribution in [-0.2, 0) is 12.8 Å². The van der Waals surface area contributed by atoms with Crippen LogP contribution in [0.5, 0.6) is 0 Å². The molecule has 1 aromatic heterocycles. The van der Waals surface area contributed by atoms with Crippen molar-refractivity contribution in [3.8, 4) is 0 Å². The van der Waals surface area contributed by atoms with E-state index in [0.717, 1.165) is 42.6 Å². The van der Waals surface area contributed by atoms with Crippen LogP contribution in [0.2, 0.25) is 0 Å². The Morgan fingerprint density at radius 3 is 2.76 bits per heavy atom. The van der Waals surface area contributed by atoms with E-state index >= 15 is 0 Å². The number of hydrogen-bond donors (Lipinski definition) is 1. The highest BCUT2D eigenvalue weighted by molar-refractivity contribution is 5.94. The summed E-state index contributed by atoms with van der Waals surface area (Å²) < 4.78 is 5.36. The second-order valence-corrected chi connectivity index (χ2v) is 5.60. The van der Waals surface area contributed by atoms with Crippen LogP contribution in [0, 0.1) is 0 Å². The summed E-state index contributed by atoms with van der Waals surface area (Å²) in [6, 6.07) is 9.88. The molecule has 21 heavy (non-hydrogen) atoms. The van der Waals surface area contributed by atoms with E-state index in [4.69, 9.17) is 4.52 Å². The molecule has 1 aromatic carbocycles. The average Bonchev–Trinajstić information content (AvgIpc) is 2.77. The first-order chi connectivity index (χ1) is 10.3. The number of aryl methyl sites for hydroxylation is 1. The Morgan fingerprint density at radius 1 is 1.19 bits per heavy atom. The maximum Gasteiger partial charge on any atom is 0.274 e. The van der Waals surface area contributed by atoms with E-state index in [1.54, 1.807) is 0 Å². The van der Waals surface area contributed by atoms with Crippen LogP contribution in [-0.4, -0.2) is 11.1 Å². The Bertz CT molecular complexity index is 619. The molecule has 0 bridgehead atoms. The Morgan fingerprint density at radius 2 is 1.95 bits per heavy atom. The number of benzene rings is 1. The molecule has 1 heterocycles. The Balaban J connectivity index is 1.75. The monoisotopic (exact) mass is 284 g/mol. The fourth-order valence-electron chi connectivity index (χ4n) is 2.83. The standard InChI is InChI=1S/C17H20N2O2/c1-12(13-8-4-2-5-9-13)18-17(20)16-14-10-6-3-7-11-15(14)21-19-16/h2,4-5,8-9,12H,3,6-7,10-11H2,1H3,(H,18,20)/t12-/m1/s1. The number of rotatable bonds is 3. The molecule has 1 aliphatic rings. The second-order valence-electron chi connectivity index (χ2n) is 5.60. The van der Waals surface area contributed by atoms with Gasteiger partial charge in [0.15, 0.2) is 5.69 Å². The SMILES string of the molecule is C[C@@H](NC(=O)c1noc2c1CCCCC2)c1ccccc1. The number of carbonyl (C=O) groups excluding carboxylic acids is 1. The third-order valence-electron chi connectivity index (χ3n) is 4.06. The van der Waals surface area contributed by atoms with Gasteiger partial charge in [0, 0.05) is 12.0 Å². The summed E-state index contributed by atoms with van der Waals surface area (Å²) >= 11 is 0. The van der Waals surface area contributed by atoms with Gasteiger partial charge < -0.3 is 9.84 Å². The predicted octanol–water partition coefficient (Wildman–Crippen LogP) is 3.43. The maximum absolute atomic E-state index is 12.4. The van der Waals surface area contributed by atoms with Crippen molar-refractivity contribution in [2.75, 3.05) is 0 Å². The molecular weight excluding hydrogens is 264 g/mol. The smallest absolute Gasteiger partial charge is 0.274 e. The summed E-state index contributed by atoms with van der Waals surface area (Å²) in [6.45, 7) is 1.98. The zero-order chi connectivity index (χ0) is 14.7. The molecule has 0 aliphatic heterocycles. The van der Waals surface area contributed by atoms with Crippen molar-refractivity contribution >= 4 is 5.91 Å². The minimum Gasteiger partial charge on any atom is -0.360 e. The first kappa shape index (κ1) is 13.9. The lowest BCUT2D eigenvalue weighted by Gasteiger charge is -2.13. The summed E-state index contributed by atoms with van der Waals surface area (Å²) in [5, 5.41) is 7.01. The molecule has 1 aliphatic carbocycles. The normalized spacial score (nSPS) is 15.9. The third-order valence-corrected chi connectivity index (χ3v) is 4.06. The van der Waals surface area contributed by atoms with Gasteiger partial charge in [-0.15, -0.1) is 0 Å². The van der Waals surface area contributed by atoms with Crippen LogP contribution >= 0.6 is 0 Å². The van der Waals surface area contributed by atoms with Gasteiger partial charge in [0.25, 0.3) is 5.91 Å². The molecule has 2 aromatic rings. The Hall–Kier alpha value is -2.10. The van der Waals surface area contributed by atoms with Gasteiger partial charge in [-0.2, -0.15) is 0 Å². The maximum atomic E-state index is 12.4. The van der Waals surface area contributed by atoms with E-state index in [2.05, 4.69) is 10.5 Å². The number of amides is 1. The molecule has 1 atom stereocenters. The molecule has 0 saturated carbocycles. The summed E-state index contributed by atoms with van der Waals surface area (Å²) in [7, 11) is 0. The van der Waals surface area contributed by atoms with E-state index in [-0.39, 0.29) is 11.9 Å². The number of carbonyl (C=O) groups is 1. The summed E-state index contributed by atoms with van der Waals surface area (Å²) in [5.74, 6) is 0.753. The van der Waals surface area contributed by atoms with Gasteiger partial charge in [0.2, 0.25) is 0 Å². The van der Waals surface area contributed by atoms with Crippen LogP contribution in [0.1, 0.15) is 59.6 Å². The quantitative estimate of drug-likeness (QED) is 0.878. The third kappa shape index (κ3) is 2.99. The van der Waals surface area contributed by atoms with Crippen molar-refractivity contribution in [3.63, 3.8) is 0 Å². The van der Waals surface area contributed by atoms with Gasteiger partial charge in [-0.25, -0.2) is 0 Å². The van der Waals surface area contributed by atoms with E-state index in [9.17, 15) is 4.79 Å². The zero-order valence-electron chi connectivity index (χ0n) is 12.3. The summed E-state index contributed by atoms with van der Waals surface area (Å²) in [4.78, 5) is 12.4. The number of hydrogen-bond acceptors (Lipinski definition) is 3. The van der Waals surface area contributed by atoms with Gasteiger partial charge >= 0.3 is 0 Å². The Labute approximate surface area is 124 Å². The number of aromatic nitrogens is 1. The predicted molar refractivity (Wildman–Crippen MR) is 80.1 cm³/mol. The van der Waals surface area contributed by atoms with Crippen LogP contribution in [0.25, 0.3) is 0 Å². The summed E-state index contributed by atoms with van der Waals surface area (Å²) in [6.07, 6.45) is 5.18.